The fourth-order valence-corrected chi connectivity index (χ4v) is 1.90. The molecular weight excluding hydrogens is 240 g/mol. The van der Waals surface area contributed by atoms with Gasteiger partial charge in [0.15, 0.2) is 6.29 Å². The molecule has 1 aromatic carbocycles. The number of rotatable bonds is 3. The SMILES string of the molecule is CCn1nc(-c2ccc(C)c(C)c2)cc(C=O)c1=O. The van der Waals surface area contributed by atoms with Crippen molar-refractivity contribution in [2.45, 2.75) is 27.3 Å². The highest BCUT2D eigenvalue weighted by atomic mass is 16.1. The Labute approximate surface area is 111 Å². The number of aldehydes is 1. The van der Waals surface area contributed by atoms with E-state index in [4.69, 9.17) is 0 Å². The Hall–Kier alpha value is -2.23. The zero-order valence-electron chi connectivity index (χ0n) is 11.3. The van der Waals surface area contributed by atoms with Crippen LogP contribution in [0, 0.1) is 13.8 Å². The Morgan fingerprint density at radius 1 is 1.21 bits per heavy atom. The van der Waals surface area contributed by atoms with E-state index in [1.165, 1.54) is 10.2 Å². The number of hydrogen-bond donors (Lipinski definition) is 0. The summed E-state index contributed by atoms with van der Waals surface area (Å²) in [5, 5.41) is 4.29. The highest BCUT2D eigenvalue weighted by molar-refractivity contribution is 5.77. The van der Waals surface area contributed by atoms with Gasteiger partial charge in [0.1, 0.15) is 0 Å². The Morgan fingerprint density at radius 2 is 1.95 bits per heavy atom. The van der Waals surface area contributed by atoms with Crippen LogP contribution in [0.1, 0.15) is 28.4 Å². The van der Waals surface area contributed by atoms with Crippen molar-refractivity contribution in [3.05, 3.63) is 51.3 Å². The van der Waals surface area contributed by atoms with Gasteiger partial charge in [-0.2, -0.15) is 5.10 Å². The molecule has 0 unspecified atom stereocenters. The molecule has 0 saturated carbocycles. The molecular formula is C15H16N2O2. The second-order valence-electron chi connectivity index (χ2n) is 4.52. The monoisotopic (exact) mass is 256 g/mol. The van der Waals surface area contributed by atoms with Crippen molar-refractivity contribution in [2.24, 2.45) is 0 Å². The number of carbonyl (C=O) groups is 1. The molecule has 0 saturated heterocycles. The van der Waals surface area contributed by atoms with Crippen LogP contribution in [0.3, 0.4) is 0 Å². The van der Waals surface area contributed by atoms with Crippen LogP contribution in [0.4, 0.5) is 0 Å². The quantitative estimate of drug-likeness (QED) is 0.792. The molecule has 1 aromatic heterocycles. The van der Waals surface area contributed by atoms with Gasteiger partial charge >= 0.3 is 0 Å². The molecule has 0 fully saturated rings. The molecule has 0 amide bonds. The van der Waals surface area contributed by atoms with Gasteiger partial charge in [-0.25, -0.2) is 4.68 Å². The number of hydrogen-bond acceptors (Lipinski definition) is 3. The van der Waals surface area contributed by atoms with Crippen molar-refractivity contribution in [1.29, 1.82) is 0 Å². The summed E-state index contributed by atoms with van der Waals surface area (Å²) in [4.78, 5) is 22.8. The molecule has 0 radical (unpaired) electrons. The van der Waals surface area contributed by atoms with Gasteiger partial charge in [0, 0.05) is 12.1 Å². The predicted molar refractivity (Wildman–Crippen MR) is 74.5 cm³/mol. The van der Waals surface area contributed by atoms with Crippen LogP contribution in [0.25, 0.3) is 11.3 Å². The zero-order valence-corrected chi connectivity index (χ0v) is 11.3. The van der Waals surface area contributed by atoms with Gasteiger partial charge in [0.2, 0.25) is 0 Å². The fraction of sp³-hybridized carbons (Fsp3) is 0.267. The van der Waals surface area contributed by atoms with Crippen LogP contribution in [0.15, 0.2) is 29.1 Å². The summed E-state index contributed by atoms with van der Waals surface area (Å²) in [5.41, 5.74) is 3.71. The van der Waals surface area contributed by atoms with Crippen LogP contribution in [0.2, 0.25) is 0 Å². The van der Waals surface area contributed by atoms with Crippen molar-refractivity contribution in [3.8, 4) is 11.3 Å². The normalized spacial score (nSPS) is 10.5. The molecule has 19 heavy (non-hydrogen) atoms. The first-order valence-electron chi connectivity index (χ1n) is 6.21. The van der Waals surface area contributed by atoms with Gasteiger partial charge < -0.3 is 0 Å². The Morgan fingerprint density at radius 3 is 2.53 bits per heavy atom. The molecule has 98 valence electrons. The van der Waals surface area contributed by atoms with E-state index in [1.54, 1.807) is 6.07 Å². The van der Waals surface area contributed by atoms with Gasteiger partial charge in [-0.05, 0) is 44.0 Å². The molecule has 0 N–H and O–H groups in total. The Bertz CT molecular complexity index is 687. The maximum absolute atomic E-state index is 11.8. The van der Waals surface area contributed by atoms with Gasteiger partial charge in [0.05, 0.1) is 11.3 Å². The van der Waals surface area contributed by atoms with E-state index < -0.39 is 0 Å². The molecule has 0 aliphatic carbocycles. The van der Waals surface area contributed by atoms with Crippen molar-refractivity contribution in [2.75, 3.05) is 0 Å². The van der Waals surface area contributed by atoms with E-state index in [0.29, 0.717) is 18.5 Å². The largest absolute Gasteiger partial charge is 0.298 e. The first-order chi connectivity index (χ1) is 9.06. The zero-order chi connectivity index (χ0) is 14.0. The minimum atomic E-state index is -0.343. The summed E-state index contributed by atoms with van der Waals surface area (Å²) in [6.45, 7) is 6.33. The third-order valence-electron chi connectivity index (χ3n) is 3.23. The van der Waals surface area contributed by atoms with Crippen LogP contribution < -0.4 is 5.56 Å². The number of nitrogens with zero attached hydrogens (tertiary/aromatic N) is 2. The molecule has 0 aliphatic heterocycles. The van der Waals surface area contributed by atoms with E-state index >= 15 is 0 Å². The van der Waals surface area contributed by atoms with Crippen LogP contribution in [0.5, 0.6) is 0 Å². The third-order valence-corrected chi connectivity index (χ3v) is 3.23. The average Bonchev–Trinajstić information content (AvgIpc) is 2.42. The van der Waals surface area contributed by atoms with Crippen molar-refractivity contribution in [1.82, 2.24) is 9.78 Å². The summed E-state index contributed by atoms with van der Waals surface area (Å²) in [6.07, 6.45) is 0.584. The first-order valence-corrected chi connectivity index (χ1v) is 6.21. The minimum Gasteiger partial charge on any atom is -0.298 e. The number of aryl methyl sites for hydroxylation is 3. The molecule has 2 aromatic rings. The third kappa shape index (κ3) is 2.47. The number of aromatic nitrogens is 2. The van der Waals surface area contributed by atoms with Gasteiger partial charge in [-0.1, -0.05) is 12.1 Å². The van der Waals surface area contributed by atoms with Gasteiger partial charge in [-0.15, -0.1) is 0 Å². The summed E-state index contributed by atoms with van der Waals surface area (Å²) in [7, 11) is 0. The molecule has 1 heterocycles. The molecule has 0 aliphatic rings. The Kier molecular flexibility index (Phi) is 3.60. The predicted octanol–water partition coefficient (Wildman–Crippen LogP) is 2.36. The average molecular weight is 256 g/mol. The van der Waals surface area contributed by atoms with Crippen molar-refractivity contribution < 1.29 is 4.79 Å². The minimum absolute atomic E-state index is 0.144. The topological polar surface area (TPSA) is 52.0 Å². The molecule has 0 spiro atoms. The number of carbonyl (C=O) groups excluding carboxylic acids is 1. The molecule has 4 heteroatoms. The van der Waals surface area contributed by atoms with E-state index in [1.807, 2.05) is 39.0 Å². The lowest BCUT2D eigenvalue weighted by Gasteiger charge is -2.08. The van der Waals surface area contributed by atoms with E-state index in [-0.39, 0.29) is 11.1 Å². The summed E-state index contributed by atoms with van der Waals surface area (Å²) < 4.78 is 1.31. The van der Waals surface area contributed by atoms with Gasteiger partial charge in [-0.3, -0.25) is 9.59 Å². The highest BCUT2D eigenvalue weighted by Gasteiger charge is 2.09. The lowest BCUT2D eigenvalue weighted by atomic mass is 10.0. The lowest BCUT2D eigenvalue weighted by Crippen LogP contribution is -2.25. The van der Waals surface area contributed by atoms with E-state index in [0.717, 1.165) is 11.1 Å². The second-order valence-corrected chi connectivity index (χ2v) is 4.52. The smallest absolute Gasteiger partial charge is 0.277 e. The Balaban J connectivity index is 2.65. The second kappa shape index (κ2) is 5.18. The highest BCUT2D eigenvalue weighted by Crippen LogP contribution is 2.19. The molecule has 4 nitrogen and oxygen atoms in total. The standard InChI is InChI=1S/C15H16N2O2/c1-4-17-15(19)13(9-18)8-14(16-17)12-6-5-10(2)11(3)7-12/h5-9H,4H2,1-3H3. The number of benzene rings is 1. The summed E-state index contributed by atoms with van der Waals surface area (Å²) in [6, 6.07) is 7.51. The van der Waals surface area contributed by atoms with Crippen molar-refractivity contribution >= 4 is 6.29 Å². The summed E-state index contributed by atoms with van der Waals surface area (Å²) in [5.74, 6) is 0. The van der Waals surface area contributed by atoms with Crippen LogP contribution in [-0.2, 0) is 6.54 Å². The fourth-order valence-electron chi connectivity index (χ4n) is 1.90. The van der Waals surface area contributed by atoms with Gasteiger partial charge in [0.25, 0.3) is 5.56 Å². The molecule has 0 bridgehead atoms. The summed E-state index contributed by atoms with van der Waals surface area (Å²) >= 11 is 0. The first kappa shape index (κ1) is 13.2. The van der Waals surface area contributed by atoms with E-state index in [9.17, 15) is 9.59 Å². The van der Waals surface area contributed by atoms with Crippen LogP contribution >= 0.6 is 0 Å². The maximum Gasteiger partial charge on any atom is 0.277 e. The van der Waals surface area contributed by atoms with E-state index in [2.05, 4.69) is 5.10 Å². The van der Waals surface area contributed by atoms with Crippen LogP contribution in [-0.4, -0.2) is 16.1 Å². The van der Waals surface area contributed by atoms with Crippen molar-refractivity contribution in [3.63, 3.8) is 0 Å². The molecule has 2 rings (SSSR count). The lowest BCUT2D eigenvalue weighted by molar-refractivity contribution is 0.112. The maximum atomic E-state index is 11.8. The molecule has 0 atom stereocenters.